The highest BCUT2D eigenvalue weighted by Crippen LogP contribution is 2.25. The van der Waals surface area contributed by atoms with E-state index < -0.39 is 17.8 Å². The molecule has 4 amide bonds. The molecule has 0 aliphatic carbocycles. The van der Waals surface area contributed by atoms with Crippen LogP contribution in [0.2, 0.25) is 0 Å². The molecule has 0 bridgehead atoms. The zero-order valence-corrected chi connectivity index (χ0v) is 16.2. The average Bonchev–Trinajstić information content (AvgIpc) is 3.01. The Kier molecular flexibility index (Phi) is 4.58. The molecule has 1 aromatic heterocycles. The van der Waals surface area contributed by atoms with Gasteiger partial charge in [-0.15, -0.1) is 0 Å². The van der Waals surface area contributed by atoms with Gasteiger partial charge in [-0.05, 0) is 63.2 Å². The van der Waals surface area contributed by atoms with Crippen LogP contribution in [0.4, 0.5) is 10.5 Å². The first-order chi connectivity index (χ1) is 12.2. The van der Waals surface area contributed by atoms with Crippen molar-refractivity contribution >= 4 is 45.5 Å². The number of barbiturate groups is 1. The van der Waals surface area contributed by atoms with Crippen molar-refractivity contribution in [2.24, 2.45) is 0 Å². The molecule has 0 saturated carbocycles. The van der Waals surface area contributed by atoms with Crippen LogP contribution in [-0.4, -0.2) is 22.4 Å². The van der Waals surface area contributed by atoms with E-state index in [9.17, 15) is 14.4 Å². The Hall–Kier alpha value is -2.67. The molecular formula is C19H18BrN3O3. The van der Waals surface area contributed by atoms with Crippen molar-refractivity contribution in [3.05, 3.63) is 58.3 Å². The number of hydrogen-bond donors (Lipinski definition) is 1. The second-order valence-corrected chi connectivity index (χ2v) is 7.82. The number of nitrogens with zero attached hydrogens (tertiary/aromatic N) is 2. The lowest BCUT2D eigenvalue weighted by molar-refractivity contribution is -0.122. The molecule has 0 atom stereocenters. The molecular weight excluding hydrogens is 398 g/mol. The number of amides is 4. The van der Waals surface area contributed by atoms with E-state index in [1.54, 1.807) is 24.3 Å². The van der Waals surface area contributed by atoms with E-state index in [-0.39, 0.29) is 11.1 Å². The van der Waals surface area contributed by atoms with E-state index in [4.69, 9.17) is 0 Å². The first-order valence-corrected chi connectivity index (χ1v) is 8.82. The first-order valence-electron chi connectivity index (χ1n) is 8.03. The average molecular weight is 416 g/mol. The summed E-state index contributed by atoms with van der Waals surface area (Å²) in [5, 5.41) is 2.23. The summed E-state index contributed by atoms with van der Waals surface area (Å²) in [6.45, 7) is 6.07. The predicted molar refractivity (Wildman–Crippen MR) is 103 cm³/mol. The minimum Gasteiger partial charge on any atom is -0.343 e. The molecule has 3 rings (SSSR count). The molecule has 6 nitrogen and oxygen atoms in total. The number of benzene rings is 1. The number of urea groups is 1. The number of nitrogens with one attached hydrogen (secondary N) is 1. The van der Waals surface area contributed by atoms with Crippen molar-refractivity contribution in [3.8, 4) is 0 Å². The normalized spacial score (nSPS) is 17.0. The van der Waals surface area contributed by atoms with Crippen LogP contribution in [0.1, 0.15) is 26.5 Å². The summed E-state index contributed by atoms with van der Waals surface area (Å²) in [6, 6.07) is 9.62. The fraction of sp³-hybridized carbons (Fsp3) is 0.211. The van der Waals surface area contributed by atoms with Gasteiger partial charge in [0.2, 0.25) is 0 Å². The summed E-state index contributed by atoms with van der Waals surface area (Å²) in [5.74, 6) is -1.35. The maximum absolute atomic E-state index is 12.9. The smallest absolute Gasteiger partial charge is 0.335 e. The summed E-state index contributed by atoms with van der Waals surface area (Å²) in [4.78, 5) is 38.3. The topological polar surface area (TPSA) is 71.4 Å². The van der Waals surface area contributed by atoms with Crippen molar-refractivity contribution in [2.75, 3.05) is 4.90 Å². The quantitative estimate of drug-likeness (QED) is 0.600. The van der Waals surface area contributed by atoms with Gasteiger partial charge in [-0.1, -0.05) is 15.9 Å². The van der Waals surface area contributed by atoms with E-state index in [2.05, 4.69) is 21.2 Å². The maximum Gasteiger partial charge on any atom is 0.335 e. The van der Waals surface area contributed by atoms with Crippen molar-refractivity contribution in [1.82, 2.24) is 9.88 Å². The highest BCUT2D eigenvalue weighted by atomic mass is 79.9. The van der Waals surface area contributed by atoms with E-state index in [1.807, 2.05) is 43.7 Å². The maximum atomic E-state index is 12.9. The van der Waals surface area contributed by atoms with Gasteiger partial charge in [-0.3, -0.25) is 14.9 Å². The molecule has 26 heavy (non-hydrogen) atoms. The Morgan fingerprint density at radius 1 is 1.04 bits per heavy atom. The van der Waals surface area contributed by atoms with Gasteiger partial charge in [0, 0.05) is 21.9 Å². The van der Waals surface area contributed by atoms with Crippen LogP contribution < -0.4 is 10.2 Å². The fourth-order valence-electron chi connectivity index (χ4n) is 2.75. The van der Waals surface area contributed by atoms with E-state index in [0.29, 0.717) is 11.4 Å². The van der Waals surface area contributed by atoms with Gasteiger partial charge < -0.3 is 4.57 Å². The van der Waals surface area contributed by atoms with Crippen LogP contribution in [0, 0.1) is 0 Å². The predicted octanol–water partition coefficient (Wildman–Crippen LogP) is 3.67. The molecule has 0 radical (unpaired) electrons. The lowest BCUT2D eigenvalue weighted by Gasteiger charge is -2.27. The third-order valence-electron chi connectivity index (χ3n) is 3.98. The van der Waals surface area contributed by atoms with Gasteiger partial charge >= 0.3 is 6.03 Å². The van der Waals surface area contributed by atoms with Gasteiger partial charge in [0.1, 0.15) is 5.57 Å². The van der Waals surface area contributed by atoms with Crippen LogP contribution in [0.25, 0.3) is 6.08 Å². The Balaban J connectivity index is 2.04. The summed E-state index contributed by atoms with van der Waals surface area (Å²) in [7, 11) is 0. The SMILES string of the molecule is CC(C)(C)n1cccc1C=C1C(=O)NC(=O)N(c2ccc(Br)cc2)C1=O. The molecule has 0 unspecified atom stereocenters. The fourth-order valence-corrected chi connectivity index (χ4v) is 3.02. The zero-order chi connectivity index (χ0) is 19.1. The minimum atomic E-state index is -0.759. The van der Waals surface area contributed by atoms with Crippen LogP contribution in [0.15, 0.2) is 52.6 Å². The summed E-state index contributed by atoms with van der Waals surface area (Å²) in [5.41, 5.74) is 0.795. The van der Waals surface area contributed by atoms with Crippen LogP contribution >= 0.6 is 15.9 Å². The number of hydrogen-bond acceptors (Lipinski definition) is 3. The Morgan fingerprint density at radius 2 is 1.69 bits per heavy atom. The second kappa shape index (κ2) is 6.57. The van der Waals surface area contributed by atoms with Crippen molar-refractivity contribution < 1.29 is 14.4 Å². The lowest BCUT2D eigenvalue weighted by Crippen LogP contribution is -2.54. The van der Waals surface area contributed by atoms with Gasteiger partial charge in [0.15, 0.2) is 0 Å². The van der Waals surface area contributed by atoms with Crippen LogP contribution in [0.5, 0.6) is 0 Å². The van der Waals surface area contributed by atoms with Crippen molar-refractivity contribution in [3.63, 3.8) is 0 Å². The largest absolute Gasteiger partial charge is 0.343 e. The highest BCUT2D eigenvalue weighted by molar-refractivity contribution is 9.10. The molecule has 1 fully saturated rings. The minimum absolute atomic E-state index is 0.0864. The molecule has 1 aromatic carbocycles. The van der Waals surface area contributed by atoms with Gasteiger partial charge in [0.25, 0.3) is 11.8 Å². The molecule has 1 saturated heterocycles. The number of rotatable bonds is 2. The van der Waals surface area contributed by atoms with Crippen molar-refractivity contribution in [2.45, 2.75) is 26.3 Å². The number of halogens is 1. The molecule has 1 N–H and O–H groups in total. The van der Waals surface area contributed by atoms with Crippen molar-refractivity contribution in [1.29, 1.82) is 0 Å². The Bertz CT molecular complexity index is 920. The third kappa shape index (κ3) is 3.35. The molecule has 1 aliphatic heterocycles. The summed E-state index contributed by atoms with van der Waals surface area (Å²) < 4.78 is 2.78. The van der Waals surface area contributed by atoms with Crippen LogP contribution in [0.3, 0.4) is 0 Å². The molecule has 2 heterocycles. The lowest BCUT2D eigenvalue weighted by atomic mass is 10.1. The highest BCUT2D eigenvalue weighted by Gasteiger charge is 2.37. The monoisotopic (exact) mass is 415 g/mol. The van der Waals surface area contributed by atoms with E-state index in [1.165, 1.54) is 6.08 Å². The Morgan fingerprint density at radius 3 is 2.31 bits per heavy atom. The van der Waals surface area contributed by atoms with Gasteiger partial charge in [0.05, 0.1) is 5.69 Å². The van der Waals surface area contributed by atoms with E-state index in [0.717, 1.165) is 9.37 Å². The molecule has 0 spiro atoms. The number of imide groups is 2. The van der Waals surface area contributed by atoms with Gasteiger partial charge in [-0.25, -0.2) is 9.69 Å². The molecule has 134 valence electrons. The molecule has 1 aliphatic rings. The van der Waals surface area contributed by atoms with E-state index >= 15 is 0 Å². The number of carbonyl (C=O) groups is 3. The number of carbonyl (C=O) groups excluding carboxylic acids is 3. The number of anilines is 1. The second-order valence-electron chi connectivity index (χ2n) is 6.91. The summed E-state index contributed by atoms with van der Waals surface area (Å²) >= 11 is 3.32. The van der Waals surface area contributed by atoms with Gasteiger partial charge in [-0.2, -0.15) is 0 Å². The zero-order valence-electron chi connectivity index (χ0n) is 14.6. The molecule has 2 aromatic rings. The third-order valence-corrected chi connectivity index (χ3v) is 4.51. The number of aromatic nitrogens is 1. The molecule has 7 heteroatoms. The standard InChI is InChI=1S/C19H18BrN3O3/c1-19(2,3)22-10-4-5-14(22)11-15-16(24)21-18(26)23(17(15)25)13-8-6-12(20)7-9-13/h4-11H,1-3H3,(H,21,24,26). The summed E-state index contributed by atoms with van der Waals surface area (Å²) in [6.07, 6.45) is 3.40. The first kappa shape index (κ1) is 18.1. The van der Waals surface area contributed by atoms with Crippen LogP contribution in [-0.2, 0) is 15.1 Å². The Labute approximate surface area is 159 Å².